The zero-order valence-electron chi connectivity index (χ0n) is 19.7. The number of hydrogen-bond donors (Lipinski definition) is 1. The molecule has 1 aliphatic heterocycles. The van der Waals surface area contributed by atoms with Crippen LogP contribution in [-0.4, -0.2) is 34.4 Å². The van der Waals surface area contributed by atoms with Gasteiger partial charge in [0.1, 0.15) is 10.7 Å². The van der Waals surface area contributed by atoms with Crippen LogP contribution in [0.1, 0.15) is 37.8 Å². The van der Waals surface area contributed by atoms with Gasteiger partial charge in [-0.25, -0.2) is 0 Å². The Morgan fingerprint density at radius 1 is 1.09 bits per heavy atom. The summed E-state index contributed by atoms with van der Waals surface area (Å²) in [6.45, 7) is 4.72. The molecular formula is C27H26N4O3S. The summed E-state index contributed by atoms with van der Waals surface area (Å²) in [4.78, 5) is 39.7. The predicted molar refractivity (Wildman–Crippen MR) is 138 cm³/mol. The van der Waals surface area contributed by atoms with Gasteiger partial charge in [-0.3, -0.25) is 19.0 Å². The van der Waals surface area contributed by atoms with Crippen LogP contribution in [-0.2, 0) is 16.0 Å². The van der Waals surface area contributed by atoms with Gasteiger partial charge in [0.2, 0.25) is 5.91 Å². The van der Waals surface area contributed by atoms with Crippen LogP contribution in [0.3, 0.4) is 0 Å². The highest BCUT2D eigenvalue weighted by Gasteiger charge is 2.24. The number of anilines is 1. The monoisotopic (exact) mass is 486 g/mol. The highest BCUT2D eigenvalue weighted by molar-refractivity contribution is 7.07. The summed E-state index contributed by atoms with van der Waals surface area (Å²) in [5.41, 5.74) is 2.85. The number of benzene rings is 2. The maximum absolute atomic E-state index is 13.6. The highest BCUT2D eigenvalue weighted by Crippen LogP contribution is 2.13. The molecule has 2 aromatic carbocycles. The van der Waals surface area contributed by atoms with Crippen LogP contribution in [0.4, 0.5) is 5.69 Å². The average Bonchev–Trinajstić information content (AvgIpc) is 3.50. The van der Waals surface area contributed by atoms with Crippen molar-refractivity contribution in [2.45, 2.75) is 33.1 Å². The smallest absolute Gasteiger partial charge is 0.273 e. The van der Waals surface area contributed by atoms with Gasteiger partial charge in [0.15, 0.2) is 5.57 Å². The molecule has 1 saturated heterocycles. The number of aryl methyl sites for hydroxylation is 1. The first-order valence-corrected chi connectivity index (χ1v) is 12.4. The Hall–Kier alpha value is -3.96. The fourth-order valence-electron chi connectivity index (χ4n) is 4.05. The number of thiazole rings is 1. The van der Waals surface area contributed by atoms with Crippen molar-refractivity contribution in [3.63, 3.8) is 0 Å². The van der Waals surface area contributed by atoms with Gasteiger partial charge in [-0.05, 0) is 60.7 Å². The SMILES string of the molecule is CCc1ccc(-n2c(=O)/c(=C\c3ccc(NC(C)=O)cc3)s/c2=C(/C#N)C(=O)N2CCCC2)cc1. The van der Waals surface area contributed by atoms with Gasteiger partial charge in [-0.1, -0.05) is 31.2 Å². The molecule has 7 nitrogen and oxygen atoms in total. The Morgan fingerprint density at radius 2 is 1.74 bits per heavy atom. The minimum atomic E-state index is -0.337. The van der Waals surface area contributed by atoms with E-state index in [2.05, 4.69) is 18.3 Å². The lowest BCUT2D eigenvalue weighted by molar-refractivity contribution is -0.124. The third-order valence-electron chi connectivity index (χ3n) is 5.89. The first kappa shape index (κ1) is 24.2. The zero-order valence-corrected chi connectivity index (χ0v) is 20.5. The Labute approximate surface area is 207 Å². The van der Waals surface area contributed by atoms with Crippen LogP contribution in [0.25, 0.3) is 17.3 Å². The van der Waals surface area contributed by atoms with Gasteiger partial charge < -0.3 is 10.2 Å². The number of hydrogen-bond acceptors (Lipinski definition) is 5. The summed E-state index contributed by atoms with van der Waals surface area (Å²) in [6, 6.07) is 16.8. The molecule has 1 aromatic heterocycles. The fourth-order valence-corrected chi connectivity index (χ4v) is 5.14. The number of nitrogens with one attached hydrogen (secondary N) is 1. The second-order valence-corrected chi connectivity index (χ2v) is 9.40. The lowest BCUT2D eigenvalue weighted by Crippen LogP contribution is -2.35. The summed E-state index contributed by atoms with van der Waals surface area (Å²) in [6.07, 6.45) is 4.42. The molecular weight excluding hydrogens is 460 g/mol. The molecule has 0 aliphatic carbocycles. The first-order valence-electron chi connectivity index (χ1n) is 11.6. The van der Waals surface area contributed by atoms with E-state index >= 15 is 0 Å². The van der Waals surface area contributed by atoms with Crippen molar-refractivity contribution in [2.24, 2.45) is 0 Å². The van der Waals surface area contributed by atoms with Gasteiger partial charge in [0, 0.05) is 25.7 Å². The number of carbonyl (C=O) groups is 2. The molecule has 0 atom stereocenters. The van der Waals surface area contributed by atoms with E-state index in [0.717, 1.165) is 41.7 Å². The van der Waals surface area contributed by atoms with Crippen molar-refractivity contribution < 1.29 is 9.59 Å². The molecule has 2 amide bonds. The van der Waals surface area contributed by atoms with Crippen LogP contribution in [0.5, 0.6) is 0 Å². The first-order chi connectivity index (χ1) is 16.9. The molecule has 0 radical (unpaired) electrons. The van der Waals surface area contributed by atoms with Crippen LogP contribution in [0.2, 0.25) is 0 Å². The fraction of sp³-hybridized carbons (Fsp3) is 0.259. The Bertz CT molecular complexity index is 1470. The molecule has 0 saturated carbocycles. The van der Waals surface area contributed by atoms with E-state index in [0.29, 0.717) is 33.7 Å². The molecule has 4 rings (SSSR count). The molecule has 0 spiro atoms. The lowest BCUT2D eigenvalue weighted by atomic mass is 10.1. The summed E-state index contributed by atoms with van der Waals surface area (Å²) in [5.74, 6) is -0.500. The summed E-state index contributed by atoms with van der Waals surface area (Å²) < 4.78 is 2.21. The molecule has 178 valence electrons. The summed E-state index contributed by atoms with van der Waals surface area (Å²) >= 11 is 1.14. The third kappa shape index (κ3) is 5.26. The quantitative estimate of drug-likeness (QED) is 0.600. The van der Waals surface area contributed by atoms with Crippen molar-refractivity contribution in [3.05, 3.63) is 79.2 Å². The van der Waals surface area contributed by atoms with Crippen LogP contribution < -0.4 is 20.1 Å². The molecule has 0 bridgehead atoms. The van der Waals surface area contributed by atoms with Crippen molar-refractivity contribution in [1.29, 1.82) is 5.26 Å². The number of carbonyl (C=O) groups excluding carboxylic acids is 2. The zero-order chi connectivity index (χ0) is 24.9. The molecule has 0 unspecified atom stereocenters. The van der Waals surface area contributed by atoms with Crippen LogP contribution in [0.15, 0.2) is 53.3 Å². The number of likely N-dealkylation sites (tertiary alicyclic amines) is 1. The molecule has 1 aliphatic rings. The maximum atomic E-state index is 13.6. The third-order valence-corrected chi connectivity index (χ3v) is 6.98. The van der Waals surface area contributed by atoms with Gasteiger partial charge in [-0.15, -0.1) is 11.3 Å². The van der Waals surface area contributed by atoms with Gasteiger partial charge in [-0.2, -0.15) is 5.26 Å². The Balaban J connectivity index is 1.91. The maximum Gasteiger partial charge on any atom is 0.273 e. The summed E-state index contributed by atoms with van der Waals surface area (Å²) in [7, 11) is 0. The molecule has 35 heavy (non-hydrogen) atoms. The van der Waals surface area contributed by atoms with E-state index in [1.165, 1.54) is 11.5 Å². The lowest BCUT2D eigenvalue weighted by Gasteiger charge is -2.14. The minimum absolute atomic E-state index is 0.0192. The van der Waals surface area contributed by atoms with Crippen molar-refractivity contribution in [1.82, 2.24) is 9.47 Å². The van der Waals surface area contributed by atoms with Crippen molar-refractivity contribution >= 4 is 40.5 Å². The van der Waals surface area contributed by atoms with Crippen LogP contribution >= 0.6 is 11.3 Å². The molecule has 2 heterocycles. The van der Waals surface area contributed by atoms with Gasteiger partial charge in [0.05, 0.1) is 10.2 Å². The Morgan fingerprint density at radius 3 is 2.31 bits per heavy atom. The van der Waals surface area contributed by atoms with Gasteiger partial charge >= 0.3 is 0 Å². The molecule has 3 aromatic rings. The second-order valence-electron chi connectivity index (χ2n) is 8.37. The van der Waals surface area contributed by atoms with Crippen LogP contribution in [0, 0.1) is 11.3 Å². The summed E-state index contributed by atoms with van der Waals surface area (Å²) in [5, 5.41) is 12.7. The average molecular weight is 487 g/mol. The van der Waals surface area contributed by atoms with Crippen molar-refractivity contribution in [2.75, 3.05) is 18.4 Å². The normalized spacial score (nSPS) is 14.5. The second kappa shape index (κ2) is 10.5. The highest BCUT2D eigenvalue weighted by atomic mass is 32.1. The van der Waals surface area contributed by atoms with Gasteiger partial charge in [0.25, 0.3) is 11.5 Å². The predicted octanol–water partition coefficient (Wildman–Crippen LogP) is 2.55. The molecule has 8 heteroatoms. The number of amides is 2. The van der Waals surface area contributed by atoms with E-state index < -0.39 is 0 Å². The molecule has 1 fully saturated rings. The number of nitriles is 1. The van der Waals surface area contributed by atoms with E-state index in [9.17, 15) is 19.6 Å². The van der Waals surface area contributed by atoms with E-state index in [4.69, 9.17) is 0 Å². The van der Waals surface area contributed by atoms with E-state index in [1.54, 1.807) is 35.2 Å². The topological polar surface area (TPSA) is 95.2 Å². The van der Waals surface area contributed by atoms with E-state index in [1.807, 2.05) is 24.3 Å². The number of aromatic nitrogens is 1. The minimum Gasteiger partial charge on any atom is -0.338 e. The Kier molecular flexibility index (Phi) is 7.28. The number of nitrogens with zero attached hydrogens (tertiary/aromatic N) is 3. The van der Waals surface area contributed by atoms with E-state index in [-0.39, 0.29) is 22.9 Å². The number of rotatable bonds is 5. The standard InChI is InChI=1S/C27H26N4O3S/c1-3-19-8-12-22(13-9-19)31-26(34)24(16-20-6-10-21(11-7-20)29-18(2)32)35-27(31)23(17-28)25(33)30-14-4-5-15-30/h6-13,16H,3-5,14-15H2,1-2H3,(H,29,32)/b24-16+,27-23-. The molecule has 1 N–H and O–H groups in total. The largest absolute Gasteiger partial charge is 0.338 e. The van der Waals surface area contributed by atoms with Crippen molar-refractivity contribution in [3.8, 4) is 11.8 Å².